The minimum absolute atomic E-state index is 0.182. The fourth-order valence-electron chi connectivity index (χ4n) is 2.08. The van der Waals surface area contributed by atoms with E-state index in [-0.39, 0.29) is 5.54 Å². The first-order chi connectivity index (χ1) is 9.40. The molecule has 1 aromatic rings. The molecule has 0 saturated carbocycles. The highest BCUT2D eigenvalue weighted by Crippen LogP contribution is 2.15. The Kier molecular flexibility index (Phi) is 6.50. The zero-order valence-corrected chi connectivity index (χ0v) is 14.0. The third-order valence-electron chi connectivity index (χ3n) is 4.16. The highest BCUT2D eigenvalue weighted by atomic mass is 15.2. The van der Waals surface area contributed by atoms with Crippen molar-refractivity contribution in [3.05, 3.63) is 29.8 Å². The standard InChI is InChI=1S/C17H31N3/c1-7-20(8-2)16-11-9-15(10-12-16)13-18-14-17(3,4)19(5)6/h9-12,18H,7-8,13-14H2,1-6H3. The molecule has 0 amide bonds. The Morgan fingerprint density at radius 1 is 1.00 bits per heavy atom. The zero-order valence-electron chi connectivity index (χ0n) is 14.0. The van der Waals surface area contributed by atoms with Crippen molar-refractivity contribution >= 4 is 5.69 Å². The summed E-state index contributed by atoms with van der Waals surface area (Å²) < 4.78 is 0. The number of nitrogens with one attached hydrogen (secondary N) is 1. The van der Waals surface area contributed by atoms with Gasteiger partial charge >= 0.3 is 0 Å². The van der Waals surface area contributed by atoms with Crippen LogP contribution in [0.3, 0.4) is 0 Å². The third kappa shape index (κ3) is 4.80. The monoisotopic (exact) mass is 277 g/mol. The molecular formula is C17H31N3. The minimum atomic E-state index is 0.182. The lowest BCUT2D eigenvalue weighted by atomic mass is 10.0. The van der Waals surface area contributed by atoms with Crippen LogP contribution in [0.2, 0.25) is 0 Å². The van der Waals surface area contributed by atoms with Gasteiger partial charge in [-0.3, -0.25) is 0 Å². The molecule has 0 atom stereocenters. The van der Waals surface area contributed by atoms with E-state index in [9.17, 15) is 0 Å². The van der Waals surface area contributed by atoms with Crippen molar-refractivity contribution in [2.24, 2.45) is 0 Å². The zero-order chi connectivity index (χ0) is 15.2. The van der Waals surface area contributed by atoms with Gasteiger partial charge in [0.2, 0.25) is 0 Å². The van der Waals surface area contributed by atoms with E-state index in [1.165, 1.54) is 11.3 Å². The van der Waals surface area contributed by atoms with E-state index in [1.54, 1.807) is 0 Å². The fourth-order valence-corrected chi connectivity index (χ4v) is 2.08. The first-order valence-corrected chi connectivity index (χ1v) is 7.62. The molecule has 0 heterocycles. The number of nitrogens with zero attached hydrogens (tertiary/aromatic N) is 2. The third-order valence-corrected chi connectivity index (χ3v) is 4.16. The number of likely N-dealkylation sites (N-methyl/N-ethyl adjacent to an activating group) is 1. The molecule has 0 aliphatic carbocycles. The van der Waals surface area contributed by atoms with Crippen molar-refractivity contribution < 1.29 is 0 Å². The van der Waals surface area contributed by atoms with E-state index in [4.69, 9.17) is 0 Å². The molecule has 0 aliphatic rings. The highest BCUT2D eigenvalue weighted by molar-refractivity contribution is 5.47. The summed E-state index contributed by atoms with van der Waals surface area (Å²) >= 11 is 0. The van der Waals surface area contributed by atoms with Crippen LogP contribution in [0, 0.1) is 0 Å². The normalized spacial score (nSPS) is 11.9. The van der Waals surface area contributed by atoms with E-state index in [0.29, 0.717) is 0 Å². The molecule has 3 nitrogen and oxygen atoms in total. The van der Waals surface area contributed by atoms with Gasteiger partial charge in [0.25, 0.3) is 0 Å². The van der Waals surface area contributed by atoms with E-state index < -0.39 is 0 Å². The van der Waals surface area contributed by atoms with Crippen LogP contribution in [-0.4, -0.2) is 44.2 Å². The maximum absolute atomic E-state index is 3.54. The molecule has 0 saturated heterocycles. The first kappa shape index (κ1) is 17.0. The minimum Gasteiger partial charge on any atom is -0.372 e. The van der Waals surface area contributed by atoms with Crippen LogP contribution in [0.4, 0.5) is 5.69 Å². The fraction of sp³-hybridized carbons (Fsp3) is 0.647. The van der Waals surface area contributed by atoms with Crippen molar-refractivity contribution in [3.8, 4) is 0 Å². The predicted octanol–water partition coefficient (Wildman–Crippen LogP) is 2.96. The van der Waals surface area contributed by atoms with Gasteiger partial charge in [0.1, 0.15) is 0 Å². The van der Waals surface area contributed by atoms with Crippen LogP contribution >= 0.6 is 0 Å². The summed E-state index contributed by atoms with van der Waals surface area (Å²) in [6, 6.07) is 8.90. The molecule has 114 valence electrons. The Morgan fingerprint density at radius 2 is 1.55 bits per heavy atom. The van der Waals surface area contributed by atoms with Crippen molar-refractivity contribution in [1.29, 1.82) is 0 Å². The maximum Gasteiger partial charge on any atom is 0.0366 e. The molecule has 3 heteroatoms. The van der Waals surface area contributed by atoms with Crippen LogP contribution < -0.4 is 10.2 Å². The molecular weight excluding hydrogens is 246 g/mol. The Hall–Kier alpha value is -1.06. The Morgan fingerprint density at radius 3 is 2.00 bits per heavy atom. The summed E-state index contributed by atoms with van der Waals surface area (Å²) in [6.07, 6.45) is 0. The molecule has 0 spiro atoms. The quantitative estimate of drug-likeness (QED) is 0.788. The van der Waals surface area contributed by atoms with Crippen molar-refractivity contribution in [2.45, 2.75) is 39.8 Å². The van der Waals surface area contributed by atoms with Crippen LogP contribution in [0.25, 0.3) is 0 Å². The number of rotatable bonds is 8. The second-order valence-electron chi connectivity index (χ2n) is 6.15. The Bertz CT molecular complexity index is 378. The van der Waals surface area contributed by atoms with Gasteiger partial charge < -0.3 is 15.1 Å². The highest BCUT2D eigenvalue weighted by Gasteiger charge is 2.19. The predicted molar refractivity (Wildman–Crippen MR) is 89.5 cm³/mol. The van der Waals surface area contributed by atoms with Gasteiger partial charge in [0.15, 0.2) is 0 Å². The van der Waals surface area contributed by atoms with E-state index >= 15 is 0 Å². The number of hydrogen-bond donors (Lipinski definition) is 1. The first-order valence-electron chi connectivity index (χ1n) is 7.62. The van der Waals surface area contributed by atoms with Crippen LogP contribution in [0.15, 0.2) is 24.3 Å². The van der Waals surface area contributed by atoms with Gasteiger partial charge in [0.05, 0.1) is 0 Å². The smallest absolute Gasteiger partial charge is 0.0366 e. The molecule has 0 unspecified atom stereocenters. The van der Waals surface area contributed by atoms with Crippen LogP contribution in [0.1, 0.15) is 33.3 Å². The number of hydrogen-bond acceptors (Lipinski definition) is 3. The van der Waals surface area contributed by atoms with E-state index in [2.05, 4.69) is 81.2 Å². The molecule has 0 radical (unpaired) electrons. The van der Waals surface area contributed by atoms with Crippen molar-refractivity contribution in [2.75, 3.05) is 38.6 Å². The van der Waals surface area contributed by atoms with Crippen LogP contribution in [0.5, 0.6) is 0 Å². The Labute approximate surface area is 125 Å². The van der Waals surface area contributed by atoms with Crippen LogP contribution in [-0.2, 0) is 6.54 Å². The SMILES string of the molecule is CCN(CC)c1ccc(CNCC(C)(C)N(C)C)cc1. The molecule has 1 aromatic carbocycles. The molecule has 0 aromatic heterocycles. The molecule has 0 bridgehead atoms. The topological polar surface area (TPSA) is 18.5 Å². The van der Waals surface area contributed by atoms with Crippen molar-refractivity contribution in [3.63, 3.8) is 0 Å². The average molecular weight is 277 g/mol. The molecule has 1 N–H and O–H groups in total. The summed E-state index contributed by atoms with van der Waals surface area (Å²) in [6.45, 7) is 12.9. The second-order valence-corrected chi connectivity index (χ2v) is 6.15. The lowest BCUT2D eigenvalue weighted by Crippen LogP contribution is -2.46. The molecule has 0 aliphatic heterocycles. The molecule has 0 fully saturated rings. The van der Waals surface area contributed by atoms with Gasteiger partial charge in [0, 0.05) is 37.4 Å². The van der Waals surface area contributed by atoms with Crippen molar-refractivity contribution in [1.82, 2.24) is 10.2 Å². The van der Waals surface area contributed by atoms with Gasteiger partial charge in [-0.1, -0.05) is 12.1 Å². The largest absolute Gasteiger partial charge is 0.372 e. The lowest BCUT2D eigenvalue weighted by Gasteiger charge is -2.32. The van der Waals surface area contributed by atoms with E-state index in [1.807, 2.05) is 0 Å². The Balaban J connectivity index is 2.50. The number of benzene rings is 1. The van der Waals surface area contributed by atoms with Gasteiger partial charge in [-0.25, -0.2) is 0 Å². The van der Waals surface area contributed by atoms with Gasteiger partial charge in [-0.05, 0) is 59.5 Å². The summed E-state index contributed by atoms with van der Waals surface area (Å²) in [5.74, 6) is 0. The average Bonchev–Trinajstić information content (AvgIpc) is 2.41. The van der Waals surface area contributed by atoms with Gasteiger partial charge in [-0.2, -0.15) is 0 Å². The van der Waals surface area contributed by atoms with Gasteiger partial charge in [-0.15, -0.1) is 0 Å². The summed E-state index contributed by atoms with van der Waals surface area (Å²) in [7, 11) is 4.25. The molecule has 20 heavy (non-hydrogen) atoms. The lowest BCUT2D eigenvalue weighted by molar-refractivity contribution is 0.190. The molecule has 1 rings (SSSR count). The maximum atomic E-state index is 3.54. The van der Waals surface area contributed by atoms with E-state index in [0.717, 1.165) is 26.2 Å². The second kappa shape index (κ2) is 7.65. The summed E-state index contributed by atoms with van der Waals surface area (Å²) in [5.41, 5.74) is 2.84. The summed E-state index contributed by atoms with van der Waals surface area (Å²) in [5, 5.41) is 3.54. The number of anilines is 1. The summed E-state index contributed by atoms with van der Waals surface area (Å²) in [4.78, 5) is 4.62.